The van der Waals surface area contributed by atoms with Crippen molar-refractivity contribution in [3.63, 3.8) is 0 Å². The number of nitrogens with zero attached hydrogens (tertiary/aromatic N) is 1. The third-order valence-electron chi connectivity index (χ3n) is 15.3. The van der Waals surface area contributed by atoms with E-state index in [1.807, 2.05) is 0 Å². The first-order valence-corrected chi connectivity index (χ1v) is 23.1. The van der Waals surface area contributed by atoms with Gasteiger partial charge in [0.2, 0.25) is 0 Å². The van der Waals surface area contributed by atoms with E-state index in [4.69, 9.17) is 0 Å². The molecule has 0 unspecified atom stereocenters. The molecular formula is C61H53N. The highest BCUT2D eigenvalue weighted by atomic mass is 15.1. The Bertz CT molecular complexity index is 3020. The van der Waals surface area contributed by atoms with E-state index >= 15 is 0 Å². The summed E-state index contributed by atoms with van der Waals surface area (Å²) in [6.07, 6.45) is 9.43. The van der Waals surface area contributed by atoms with Gasteiger partial charge >= 0.3 is 0 Å². The van der Waals surface area contributed by atoms with Crippen LogP contribution in [-0.2, 0) is 36.5 Å². The van der Waals surface area contributed by atoms with E-state index < -0.39 is 5.41 Å². The molecule has 0 bridgehead atoms. The minimum atomic E-state index is -0.518. The molecule has 62 heavy (non-hydrogen) atoms. The van der Waals surface area contributed by atoms with E-state index in [-0.39, 0.29) is 5.41 Å². The van der Waals surface area contributed by atoms with Crippen LogP contribution in [-0.4, -0.2) is 0 Å². The number of benzene rings is 8. The SMILES string of the molecule is Cc1ccc2c(c1-c1cc3c(cc1N(c1ccc4c(c1)C(C)(C)c1ccccc1-4)c1cccc4c1CCCC4)C(c1ccccc1)(c1ccccc1)c1ccccc1-3)CCCC2. The Hall–Kier alpha value is -6.44. The zero-order valence-corrected chi connectivity index (χ0v) is 36.3. The average molecular weight is 800 g/mol. The second-order valence-corrected chi connectivity index (χ2v) is 18.9. The Labute approximate surface area is 367 Å². The molecule has 0 spiro atoms. The van der Waals surface area contributed by atoms with Crippen LogP contribution in [0.2, 0.25) is 0 Å². The zero-order chi connectivity index (χ0) is 41.6. The van der Waals surface area contributed by atoms with Gasteiger partial charge in [0.25, 0.3) is 0 Å². The molecule has 4 aliphatic carbocycles. The van der Waals surface area contributed by atoms with Crippen molar-refractivity contribution in [2.45, 2.75) is 83.0 Å². The van der Waals surface area contributed by atoms with E-state index in [0.29, 0.717) is 0 Å². The molecule has 0 saturated carbocycles. The van der Waals surface area contributed by atoms with Gasteiger partial charge in [-0.2, -0.15) is 0 Å². The van der Waals surface area contributed by atoms with Gasteiger partial charge in [-0.3, -0.25) is 0 Å². The molecule has 4 aliphatic rings. The summed E-state index contributed by atoms with van der Waals surface area (Å²) < 4.78 is 0. The fourth-order valence-electron chi connectivity index (χ4n) is 12.4. The van der Waals surface area contributed by atoms with Gasteiger partial charge in [-0.15, -0.1) is 0 Å². The van der Waals surface area contributed by atoms with Crippen molar-refractivity contribution in [2.24, 2.45) is 0 Å². The van der Waals surface area contributed by atoms with Gasteiger partial charge in [0, 0.05) is 22.4 Å². The third kappa shape index (κ3) is 5.40. The fraction of sp³-hybridized carbons (Fsp3) is 0.213. The molecule has 8 aromatic rings. The van der Waals surface area contributed by atoms with Crippen molar-refractivity contribution < 1.29 is 0 Å². The maximum atomic E-state index is 2.71. The summed E-state index contributed by atoms with van der Waals surface area (Å²) in [4.78, 5) is 2.71. The van der Waals surface area contributed by atoms with Crippen LogP contribution in [0.1, 0.15) is 101 Å². The van der Waals surface area contributed by atoms with E-state index in [2.05, 4.69) is 196 Å². The summed E-state index contributed by atoms with van der Waals surface area (Å²) in [5, 5.41) is 0. The van der Waals surface area contributed by atoms with Crippen molar-refractivity contribution in [1.82, 2.24) is 0 Å². The number of hydrogen-bond donors (Lipinski definition) is 0. The summed E-state index contributed by atoms with van der Waals surface area (Å²) in [6, 6.07) is 65.7. The Morgan fingerprint density at radius 2 is 1.00 bits per heavy atom. The molecule has 302 valence electrons. The molecular weight excluding hydrogens is 747 g/mol. The van der Waals surface area contributed by atoms with Crippen LogP contribution < -0.4 is 4.90 Å². The molecule has 1 nitrogen and oxygen atoms in total. The molecule has 12 rings (SSSR count). The first-order chi connectivity index (χ1) is 30.4. The molecule has 1 heteroatoms. The summed E-state index contributed by atoms with van der Waals surface area (Å²) in [5.74, 6) is 0. The molecule has 0 fully saturated rings. The zero-order valence-electron chi connectivity index (χ0n) is 36.3. The molecule has 8 aromatic carbocycles. The lowest BCUT2D eigenvalue weighted by Gasteiger charge is -2.37. The van der Waals surface area contributed by atoms with Gasteiger partial charge in [-0.1, -0.05) is 153 Å². The van der Waals surface area contributed by atoms with Crippen LogP contribution in [0.25, 0.3) is 33.4 Å². The molecule has 0 N–H and O–H groups in total. The maximum absolute atomic E-state index is 2.71. The van der Waals surface area contributed by atoms with Crippen LogP contribution in [0.3, 0.4) is 0 Å². The van der Waals surface area contributed by atoms with Gasteiger partial charge in [-0.25, -0.2) is 0 Å². The number of anilines is 3. The lowest BCUT2D eigenvalue weighted by atomic mass is 9.67. The molecule has 0 saturated heterocycles. The van der Waals surface area contributed by atoms with Crippen molar-refractivity contribution in [1.29, 1.82) is 0 Å². The molecule has 0 aliphatic heterocycles. The van der Waals surface area contributed by atoms with Crippen LogP contribution >= 0.6 is 0 Å². The van der Waals surface area contributed by atoms with E-state index in [9.17, 15) is 0 Å². The van der Waals surface area contributed by atoms with Crippen molar-refractivity contribution in [2.75, 3.05) is 4.90 Å². The van der Waals surface area contributed by atoms with Gasteiger partial charge in [0.15, 0.2) is 0 Å². The average Bonchev–Trinajstić information content (AvgIpc) is 3.74. The Morgan fingerprint density at radius 1 is 0.403 bits per heavy atom. The first kappa shape index (κ1) is 37.3. The molecule has 0 radical (unpaired) electrons. The Balaban J connectivity index is 1.23. The maximum Gasteiger partial charge on any atom is 0.0714 e. The largest absolute Gasteiger partial charge is 0.310 e. The second kappa shape index (κ2) is 14.3. The van der Waals surface area contributed by atoms with Crippen molar-refractivity contribution in [3.05, 3.63) is 231 Å². The first-order valence-electron chi connectivity index (χ1n) is 23.1. The van der Waals surface area contributed by atoms with Gasteiger partial charge in [-0.05, 0) is 178 Å². The number of hydrogen-bond acceptors (Lipinski definition) is 1. The highest BCUT2D eigenvalue weighted by molar-refractivity contribution is 5.99. The van der Waals surface area contributed by atoms with Gasteiger partial charge < -0.3 is 4.90 Å². The summed E-state index contributed by atoms with van der Waals surface area (Å²) in [7, 11) is 0. The smallest absolute Gasteiger partial charge is 0.0714 e. The second-order valence-electron chi connectivity index (χ2n) is 18.9. The predicted octanol–water partition coefficient (Wildman–Crippen LogP) is 15.6. The number of aryl methyl sites for hydroxylation is 3. The normalized spacial score (nSPS) is 16.0. The summed E-state index contributed by atoms with van der Waals surface area (Å²) in [5.41, 5.74) is 26.8. The monoisotopic (exact) mass is 799 g/mol. The van der Waals surface area contributed by atoms with Crippen LogP contribution in [0.4, 0.5) is 17.1 Å². The van der Waals surface area contributed by atoms with Crippen LogP contribution in [0.15, 0.2) is 170 Å². The van der Waals surface area contributed by atoms with Crippen LogP contribution in [0, 0.1) is 6.92 Å². The highest BCUT2D eigenvalue weighted by Gasteiger charge is 2.47. The molecule has 0 aromatic heterocycles. The Morgan fingerprint density at radius 3 is 1.73 bits per heavy atom. The Kier molecular flexibility index (Phi) is 8.62. The molecule has 0 heterocycles. The fourth-order valence-corrected chi connectivity index (χ4v) is 12.4. The highest BCUT2D eigenvalue weighted by Crippen LogP contribution is 2.60. The van der Waals surface area contributed by atoms with Crippen molar-refractivity contribution in [3.8, 4) is 33.4 Å². The number of fused-ring (bicyclic) bond motifs is 8. The summed E-state index contributed by atoms with van der Waals surface area (Å²) >= 11 is 0. The van der Waals surface area contributed by atoms with E-state index in [0.717, 1.165) is 25.7 Å². The van der Waals surface area contributed by atoms with Crippen LogP contribution in [0.5, 0.6) is 0 Å². The predicted molar refractivity (Wildman–Crippen MR) is 259 cm³/mol. The van der Waals surface area contributed by atoms with Gasteiger partial charge in [0.05, 0.1) is 11.1 Å². The third-order valence-corrected chi connectivity index (χ3v) is 15.3. The molecule has 0 atom stereocenters. The summed E-state index contributed by atoms with van der Waals surface area (Å²) in [6.45, 7) is 7.20. The quantitative estimate of drug-likeness (QED) is 0.162. The lowest BCUT2D eigenvalue weighted by Crippen LogP contribution is -2.29. The minimum Gasteiger partial charge on any atom is -0.310 e. The van der Waals surface area contributed by atoms with E-state index in [1.165, 1.54) is 132 Å². The van der Waals surface area contributed by atoms with Crippen molar-refractivity contribution >= 4 is 17.1 Å². The minimum absolute atomic E-state index is 0.128. The van der Waals surface area contributed by atoms with Gasteiger partial charge in [0.1, 0.15) is 0 Å². The molecule has 0 amide bonds. The topological polar surface area (TPSA) is 3.24 Å². The number of rotatable bonds is 6. The lowest BCUT2D eigenvalue weighted by molar-refractivity contribution is 0.660. The standard InChI is InChI=1S/C61H53N/c1-40-33-34-42-20-11-13-27-47(42)59(40)52-38-51-49-29-15-17-31-54(49)61(43-22-6-4-7-23-43,44-24-8-5-9-25-44)56(51)39-58(52)62(57-32-18-21-41-19-10-12-26-46(41)57)45-35-36-50-48-28-14-16-30-53(48)60(2,3)55(50)37-45/h4-9,14-18,21-25,28-39H,10-13,19-20,26-27H2,1-3H3. The van der Waals surface area contributed by atoms with E-state index in [1.54, 1.807) is 5.56 Å².